The molecule has 296 valence electrons. The van der Waals surface area contributed by atoms with Crippen molar-refractivity contribution >= 4 is 0 Å². The van der Waals surface area contributed by atoms with Crippen molar-refractivity contribution in [1.29, 1.82) is 0 Å². The molecule has 0 aromatic carbocycles. The fraction of sp³-hybridized carbons (Fsp3) is 1.00. The van der Waals surface area contributed by atoms with Crippen LogP contribution in [0.1, 0.15) is 176 Å². The summed E-state index contributed by atoms with van der Waals surface area (Å²) in [4.78, 5) is 10.5. The van der Waals surface area contributed by atoms with Crippen molar-refractivity contribution in [2.24, 2.45) is 41.4 Å². The van der Waals surface area contributed by atoms with E-state index in [9.17, 15) is 0 Å². The number of hydrogen-bond acceptors (Lipinski definition) is 4. The summed E-state index contributed by atoms with van der Waals surface area (Å²) < 4.78 is 0. The van der Waals surface area contributed by atoms with Crippen LogP contribution in [-0.2, 0) is 0 Å². The second-order valence-corrected chi connectivity index (χ2v) is 18.8. The molecule has 0 bridgehead atoms. The van der Waals surface area contributed by atoms with Crippen molar-refractivity contribution in [1.82, 2.24) is 19.6 Å². The molecule has 0 spiro atoms. The fourth-order valence-electron chi connectivity index (χ4n) is 8.60. The van der Waals surface area contributed by atoms with Gasteiger partial charge in [0.1, 0.15) is 0 Å². The van der Waals surface area contributed by atoms with Crippen molar-refractivity contribution in [3.8, 4) is 0 Å². The summed E-state index contributed by atoms with van der Waals surface area (Å²) in [6.07, 6.45) is 12.8. The van der Waals surface area contributed by atoms with E-state index < -0.39 is 0 Å². The van der Waals surface area contributed by atoms with E-state index in [2.05, 4.69) is 130 Å². The normalized spacial score (nSPS) is 24.2. The van der Waals surface area contributed by atoms with Crippen LogP contribution in [0.4, 0.5) is 0 Å². The van der Waals surface area contributed by atoms with E-state index in [1.807, 2.05) is 0 Å². The second-order valence-electron chi connectivity index (χ2n) is 18.8. The molecular weight excluding hydrogens is 597 g/mol. The van der Waals surface area contributed by atoms with Crippen molar-refractivity contribution in [2.75, 3.05) is 45.8 Å². The van der Waals surface area contributed by atoms with Gasteiger partial charge >= 0.3 is 0 Å². The van der Waals surface area contributed by atoms with Crippen molar-refractivity contribution < 1.29 is 0 Å². The average molecular weight is 693 g/mol. The number of likely N-dealkylation sites (tertiary alicyclic amines) is 4. The maximum absolute atomic E-state index is 2.67. The van der Waals surface area contributed by atoms with Crippen LogP contribution in [0.2, 0.25) is 0 Å². The maximum Gasteiger partial charge on any atom is 0.0121 e. The van der Waals surface area contributed by atoms with Gasteiger partial charge in [0, 0.05) is 36.8 Å². The molecule has 4 aliphatic heterocycles. The average Bonchev–Trinajstić information content (AvgIpc) is 3.05. The molecule has 2 unspecified atom stereocenters. The predicted octanol–water partition coefficient (Wildman–Crippen LogP) is 11.8. The summed E-state index contributed by atoms with van der Waals surface area (Å²) in [6.45, 7) is 46.6. The molecule has 2 atom stereocenters. The predicted molar refractivity (Wildman–Crippen MR) is 224 cm³/mol. The van der Waals surface area contributed by atoms with Gasteiger partial charge in [-0.2, -0.15) is 0 Å². The summed E-state index contributed by atoms with van der Waals surface area (Å²) in [7, 11) is 0. The van der Waals surface area contributed by atoms with Crippen molar-refractivity contribution in [3.63, 3.8) is 0 Å². The van der Waals surface area contributed by atoms with Gasteiger partial charge in [0.15, 0.2) is 0 Å². The first-order valence-electron chi connectivity index (χ1n) is 21.4. The van der Waals surface area contributed by atoms with Gasteiger partial charge < -0.3 is 14.7 Å². The molecule has 0 radical (unpaired) electrons. The van der Waals surface area contributed by atoms with Crippen LogP contribution in [0.5, 0.6) is 0 Å². The number of rotatable bonds is 8. The molecule has 0 saturated carbocycles. The lowest BCUT2D eigenvalue weighted by molar-refractivity contribution is 0.0808. The summed E-state index contributed by atoms with van der Waals surface area (Å²) in [5.74, 6) is 6.39. The molecule has 0 aromatic rings. The molecule has 4 fully saturated rings. The van der Waals surface area contributed by atoms with Crippen LogP contribution in [0.15, 0.2) is 0 Å². The molecule has 4 rings (SSSR count). The monoisotopic (exact) mass is 693 g/mol. The number of nitrogens with zero attached hydrogens (tertiary/aromatic N) is 4. The third-order valence-electron chi connectivity index (χ3n) is 12.7. The Morgan fingerprint density at radius 3 is 1.06 bits per heavy atom. The van der Waals surface area contributed by atoms with Gasteiger partial charge in [0.05, 0.1) is 0 Å². The number of hydrogen-bond donors (Lipinski definition) is 0. The Morgan fingerprint density at radius 2 is 0.755 bits per heavy atom. The Kier molecular flexibility index (Phi) is 25.7. The van der Waals surface area contributed by atoms with Gasteiger partial charge in [-0.25, -0.2) is 0 Å². The minimum atomic E-state index is 0. The third-order valence-corrected chi connectivity index (χ3v) is 12.7. The highest BCUT2D eigenvalue weighted by Gasteiger charge is 2.27. The van der Waals surface area contributed by atoms with E-state index in [-0.39, 0.29) is 7.43 Å². The number of piperidine rings is 4. The highest BCUT2D eigenvalue weighted by molar-refractivity contribution is 4.82. The molecule has 4 nitrogen and oxygen atoms in total. The van der Waals surface area contributed by atoms with E-state index in [0.717, 1.165) is 71.6 Å². The second kappa shape index (κ2) is 25.8. The summed E-state index contributed by atoms with van der Waals surface area (Å²) in [5.41, 5.74) is 0. The van der Waals surface area contributed by atoms with Crippen LogP contribution in [0, 0.1) is 41.4 Å². The Hall–Kier alpha value is -0.160. The van der Waals surface area contributed by atoms with Crippen LogP contribution < -0.4 is 0 Å². The Balaban J connectivity index is 0.000000623. The molecule has 0 N–H and O–H groups in total. The lowest BCUT2D eigenvalue weighted by Crippen LogP contribution is -2.46. The van der Waals surface area contributed by atoms with Crippen LogP contribution >= 0.6 is 0 Å². The summed E-state index contributed by atoms with van der Waals surface area (Å²) in [6, 6.07) is 3.82. The van der Waals surface area contributed by atoms with Gasteiger partial charge in [0.25, 0.3) is 0 Å². The zero-order valence-electron chi connectivity index (χ0n) is 36.0. The zero-order valence-corrected chi connectivity index (χ0v) is 36.0. The molecule has 4 aliphatic rings. The minimum Gasteiger partial charge on any atom is -0.301 e. The van der Waals surface area contributed by atoms with Gasteiger partial charge in [-0.05, 0) is 187 Å². The lowest BCUT2D eigenvalue weighted by Gasteiger charge is -2.40. The summed E-state index contributed by atoms with van der Waals surface area (Å²) in [5, 5.41) is 0. The minimum absolute atomic E-state index is 0. The van der Waals surface area contributed by atoms with Gasteiger partial charge in [-0.1, -0.05) is 69.2 Å². The smallest absolute Gasteiger partial charge is 0.0121 e. The quantitative estimate of drug-likeness (QED) is 0.251. The highest BCUT2D eigenvalue weighted by Crippen LogP contribution is 2.27. The van der Waals surface area contributed by atoms with Gasteiger partial charge in [-0.15, -0.1) is 0 Å². The molecule has 49 heavy (non-hydrogen) atoms. The van der Waals surface area contributed by atoms with Crippen molar-refractivity contribution in [2.45, 2.75) is 206 Å². The van der Waals surface area contributed by atoms with Crippen LogP contribution in [-0.4, -0.2) is 95.6 Å². The topological polar surface area (TPSA) is 13.0 Å². The van der Waals surface area contributed by atoms with E-state index in [1.165, 1.54) is 104 Å². The molecule has 0 amide bonds. The molecule has 0 aliphatic carbocycles. The van der Waals surface area contributed by atoms with Crippen LogP contribution in [0.3, 0.4) is 0 Å². The standard InChI is InChI=1S/4C11H23N.CH4/c2*1-9(2)11-5-7-12(8-6-11)10(3)4;1-9(2)11-6-5-7-12(8-11)10(3)4;1-9(2)11-7-5-6-8-12(11)10(3)4;/h4*9-11H,5-8H2,1-4H3;1H4. The third kappa shape index (κ3) is 18.9. The first-order chi connectivity index (χ1) is 22.5. The van der Waals surface area contributed by atoms with E-state index in [0.29, 0.717) is 0 Å². The largest absolute Gasteiger partial charge is 0.301 e. The Morgan fingerprint density at radius 1 is 0.347 bits per heavy atom. The molecule has 0 aromatic heterocycles. The van der Waals surface area contributed by atoms with Crippen molar-refractivity contribution in [3.05, 3.63) is 0 Å². The Bertz CT molecular complexity index is 662. The van der Waals surface area contributed by atoms with E-state index in [1.54, 1.807) is 0 Å². The summed E-state index contributed by atoms with van der Waals surface area (Å²) >= 11 is 0. The molecule has 4 saturated heterocycles. The van der Waals surface area contributed by atoms with E-state index in [4.69, 9.17) is 0 Å². The molecule has 4 heteroatoms. The van der Waals surface area contributed by atoms with Crippen LogP contribution in [0.25, 0.3) is 0 Å². The Labute approximate surface area is 312 Å². The first kappa shape index (κ1) is 48.8. The lowest BCUT2D eigenvalue weighted by atomic mass is 9.86. The van der Waals surface area contributed by atoms with Gasteiger partial charge in [0.2, 0.25) is 0 Å². The fourth-order valence-corrected chi connectivity index (χ4v) is 8.60. The SMILES string of the molecule is C.CC(C)C1CCCCN1C(C)C.CC(C)C1CCCN(C(C)C)C1.CC(C)C1CCN(C(C)C)CC1.CC(C)C1CCN(C(C)C)CC1. The highest BCUT2D eigenvalue weighted by atomic mass is 15.2. The van der Waals surface area contributed by atoms with E-state index >= 15 is 0 Å². The zero-order chi connectivity index (χ0) is 36.6. The molecular formula is C45H96N4. The first-order valence-corrected chi connectivity index (χ1v) is 21.4. The maximum atomic E-state index is 2.67. The van der Waals surface area contributed by atoms with Gasteiger partial charge in [-0.3, -0.25) is 4.90 Å². The molecule has 4 heterocycles.